The number of likely N-dealkylation sites (tertiary alicyclic amines) is 1. The Morgan fingerprint density at radius 2 is 2.03 bits per heavy atom. The zero-order chi connectivity index (χ0) is 21.7. The molecule has 3 heterocycles. The topological polar surface area (TPSA) is 83.7 Å². The second-order valence-electron chi connectivity index (χ2n) is 8.88. The molecular formula is C25H25N3O4. The van der Waals surface area contributed by atoms with Crippen molar-refractivity contribution in [2.24, 2.45) is 5.92 Å². The van der Waals surface area contributed by atoms with Crippen LogP contribution in [0, 0.1) is 5.92 Å². The van der Waals surface area contributed by atoms with E-state index in [4.69, 9.17) is 9.47 Å². The summed E-state index contributed by atoms with van der Waals surface area (Å²) in [5.41, 5.74) is 4.51. The molecule has 1 fully saturated rings. The molecule has 0 spiro atoms. The molecule has 1 saturated heterocycles. The van der Waals surface area contributed by atoms with Gasteiger partial charge in [0.05, 0.1) is 12.0 Å². The molecule has 6 rings (SSSR count). The molecule has 32 heavy (non-hydrogen) atoms. The monoisotopic (exact) mass is 431 g/mol. The number of aromatic amines is 1. The van der Waals surface area contributed by atoms with Gasteiger partial charge in [-0.15, -0.1) is 0 Å². The minimum atomic E-state index is -0.328. The molecule has 7 heteroatoms. The fraction of sp³-hybridized carbons (Fsp3) is 0.360. The first-order valence-corrected chi connectivity index (χ1v) is 11.2. The summed E-state index contributed by atoms with van der Waals surface area (Å²) < 4.78 is 10.8. The van der Waals surface area contributed by atoms with Crippen LogP contribution in [0.25, 0.3) is 10.9 Å². The Bertz CT molecular complexity index is 1220. The van der Waals surface area contributed by atoms with Gasteiger partial charge < -0.3 is 24.7 Å². The summed E-state index contributed by atoms with van der Waals surface area (Å²) in [4.78, 5) is 31.0. The molecule has 2 aliphatic heterocycles. The summed E-state index contributed by atoms with van der Waals surface area (Å²) in [6.45, 7) is 1.13. The number of aromatic nitrogens is 1. The van der Waals surface area contributed by atoms with Crippen LogP contribution in [0.4, 0.5) is 0 Å². The Labute approximate surface area is 185 Å². The smallest absolute Gasteiger partial charge is 0.231 e. The molecule has 0 bridgehead atoms. The SMILES string of the molecule is O=C(N[C@H]1CCCc2c1[nH]c1ccccc21)[C@@H]1CC(=O)N(Cc2ccc3c(c2)OCO3)C1. The maximum Gasteiger partial charge on any atom is 0.231 e. The highest BCUT2D eigenvalue weighted by molar-refractivity contribution is 5.90. The Kier molecular flexibility index (Phi) is 4.56. The molecule has 164 valence electrons. The molecule has 0 radical (unpaired) electrons. The molecule has 7 nitrogen and oxygen atoms in total. The van der Waals surface area contributed by atoms with Crippen molar-refractivity contribution in [1.82, 2.24) is 15.2 Å². The lowest BCUT2D eigenvalue weighted by atomic mass is 9.91. The first-order chi connectivity index (χ1) is 15.7. The number of ether oxygens (including phenoxy) is 2. The molecule has 2 amide bonds. The maximum atomic E-state index is 13.1. The molecule has 2 atom stereocenters. The number of nitrogens with one attached hydrogen (secondary N) is 2. The second-order valence-corrected chi connectivity index (χ2v) is 8.88. The molecule has 2 aromatic carbocycles. The Hall–Kier alpha value is -3.48. The van der Waals surface area contributed by atoms with Gasteiger partial charge in [-0.05, 0) is 48.6 Å². The van der Waals surface area contributed by atoms with Gasteiger partial charge in [-0.1, -0.05) is 24.3 Å². The van der Waals surface area contributed by atoms with Gasteiger partial charge in [0.25, 0.3) is 0 Å². The van der Waals surface area contributed by atoms with Crippen LogP contribution in [0.2, 0.25) is 0 Å². The number of amides is 2. The number of rotatable bonds is 4. The first-order valence-electron chi connectivity index (χ1n) is 11.2. The van der Waals surface area contributed by atoms with Gasteiger partial charge >= 0.3 is 0 Å². The number of hydrogen-bond donors (Lipinski definition) is 2. The number of carbonyl (C=O) groups is 2. The fourth-order valence-electron chi connectivity index (χ4n) is 5.21. The second kappa shape index (κ2) is 7.58. The molecule has 3 aromatic rings. The average molecular weight is 431 g/mol. The summed E-state index contributed by atoms with van der Waals surface area (Å²) in [7, 11) is 0. The van der Waals surface area contributed by atoms with E-state index in [2.05, 4.69) is 28.5 Å². The normalized spacial score (nSPS) is 21.8. The number of aryl methyl sites for hydroxylation is 1. The minimum absolute atomic E-state index is 0.0118. The van der Waals surface area contributed by atoms with Crippen LogP contribution in [0.5, 0.6) is 11.5 Å². The summed E-state index contributed by atoms with van der Waals surface area (Å²) in [5.74, 6) is 1.07. The van der Waals surface area contributed by atoms with E-state index in [0.717, 1.165) is 41.8 Å². The molecule has 1 aliphatic carbocycles. The molecular weight excluding hydrogens is 406 g/mol. The van der Waals surface area contributed by atoms with Crippen molar-refractivity contribution in [3.8, 4) is 11.5 Å². The summed E-state index contributed by atoms with van der Waals surface area (Å²) in [6, 6.07) is 14.0. The van der Waals surface area contributed by atoms with Gasteiger partial charge in [0.2, 0.25) is 18.6 Å². The van der Waals surface area contributed by atoms with E-state index >= 15 is 0 Å². The van der Waals surface area contributed by atoms with Crippen LogP contribution in [0.1, 0.15) is 42.1 Å². The van der Waals surface area contributed by atoms with E-state index in [1.165, 1.54) is 10.9 Å². The van der Waals surface area contributed by atoms with E-state index in [0.29, 0.717) is 18.8 Å². The standard InChI is InChI=1S/C25H25N3O4/c29-23-11-16(13-28(23)12-15-8-9-21-22(10-15)32-14-31-21)25(30)27-20-7-3-5-18-17-4-1-2-6-19(17)26-24(18)20/h1-2,4,6,8-10,16,20,26H,3,5,7,11-14H2,(H,27,30)/t16-,20+/m1/s1. The predicted octanol–water partition coefficient (Wildman–Crippen LogP) is 3.44. The predicted molar refractivity (Wildman–Crippen MR) is 118 cm³/mol. The number of para-hydroxylation sites is 1. The largest absolute Gasteiger partial charge is 0.454 e. The van der Waals surface area contributed by atoms with Gasteiger partial charge in [-0.25, -0.2) is 0 Å². The summed E-state index contributed by atoms with van der Waals surface area (Å²) >= 11 is 0. The van der Waals surface area contributed by atoms with E-state index < -0.39 is 0 Å². The highest BCUT2D eigenvalue weighted by Crippen LogP contribution is 2.36. The Morgan fingerprint density at radius 1 is 1.16 bits per heavy atom. The van der Waals surface area contributed by atoms with Crippen molar-refractivity contribution in [2.45, 2.75) is 38.3 Å². The van der Waals surface area contributed by atoms with Crippen LogP contribution < -0.4 is 14.8 Å². The highest BCUT2D eigenvalue weighted by atomic mass is 16.7. The van der Waals surface area contributed by atoms with Crippen molar-refractivity contribution in [1.29, 1.82) is 0 Å². The average Bonchev–Trinajstić information content (AvgIpc) is 3.51. The van der Waals surface area contributed by atoms with E-state index in [9.17, 15) is 9.59 Å². The van der Waals surface area contributed by atoms with Crippen molar-refractivity contribution >= 4 is 22.7 Å². The van der Waals surface area contributed by atoms with Crippen LogP contribution in [0.3, 0.4) is 0 Å². The first kappa shape index (κ1) is 19.2. The van der Waals surface area contributed by atoms with Crippen LogP contribution >= 0.6 is 0 Å². The van der Waals surface area contributed by atoms with E-state index in [-0.39, 0.29) is 37.0 Å². The van der Waals surface area contributed by atoms with Crippen LogP contribution in [-0.4, -0.2) is 35.0 Å². The molecule has 0 saturated carbocycles. The number of benzene rings is 2. The zero-order valence-electron chi connectivity index (χ0n) is 17.7. The quantitative estimate of drug-likeness (QED) is 0.663. The zero-order valence-corrected chi connectivity index (χ0v) is 17.7. The lowest BCUT2D eigenvalue weighted by molar-refractivity contribution is -0.129. The number of hydrogen-bond acceptors (Lipinski definition) is 4. The van der Waals surface area contributed by atoms with Gasteiger partial charge in [0.15, 0.2) is 11.5 Å². The molecule has 3 aliphatic rings. The van der Waals surface area contributed by atoms with Gasteiger partial charge in [0.1, 0.15) is 0 Å². The minimum Gasteiger partial charge on any atom is -0.454 e. The summed E-state index contributed by atoms with van der Waals surface area (Å²) in [6.07, 6.45) is 3.23. The van der Waals surface area contributed by atoms with Crippen molar-refractivity contribution in [2.75, 3.05) is 13.3 Å². The van der Waals surface area contributed by atoms with Gasteiger partial charge in [-0.3, -0.25) is 9.59 Å². The number of carbonyl (C=O) groups excluding carboxylic acids is 2. The van der Waals surface area contributed by atoms with Crippen LogP contribution in [0.15, 0.2) is 42.5 Å². The molecule has 1 aromatic heterocycles. The van der Waals surface area contributed by atoms with Crippen molar-refractivity contribution in [3.05, 3.63) is 59.3 Å². The van der Waals surface area contributed by atoms with Gasteiger partial charge in [-0.2, -0.15) is 0 Å². The van der Waals surface area contributed by atoms with Gasteiger partial charge in [0, 0.05) is 36.1 Å². The van der Waals surface area contributed by atoms with Crippen molar-refractivity contribution in [3.63, 3.8) is 0 Å². The summed E-state index contributed by atoms with van der Waals surface area (Å²) in [5, 5.41) is 4.47. The lowest BCUT2D eigenvalue weighted by Gasteiger charge is -2.25. The maximum absolute atomic E-state index is 13.1. The third-order valence-electron chi connectivity index (χ3n) is 6.83. The third kappa shape index (κ3) is 3.28. The van der Waals surface area contributed by atoms with Crippen LogP contribution in [-0.2, 0) is 22.6 Å². The molecule has 2 N–H and O–H groups in total. The Balaban J connectivity index is 1.14. The highest BCUT2D eigenvalue weighted by Gasteiger charge is 2.36. The fourth-order valence-corrected chi connectivity index (χ4v) is 5.21. The Morgan fingerprint density at radius 3 is 2.97 bits per heavy atom. The third-order valence-corrected chi connectivity index (χ3v) is 6.83. The van der Waals surface area contributed by atoms with Crippen molar-refractivity contribution < 1.29 is 19.1 Å². The number of nitrogens with zero attached hydrogens (tertiary/aromatic N) is 1. The number of H-pyrrole nitrogens is 1. The molecule has 0 unspecified atom stereocenters. The van der Waals surface area contributed by atoms with E-state index in [1.807, 2.05) is 24.3 Å². The van der Waals surface area contributed by atoms with E-state index in [1.54, 1.807) is 4.90 Å². The lowest BCUT2D eigenvalue weighted by Crippen LogP contribution is -2.36. The number of fused-ring (bicyclic) bond motifs is 4.